The molecule has 0 aromatic heterocycles. The summed E-state index contributed by atoms with van der Waals surface area (Å²) in [7, 11) is 0. The molecule has 0 atom stereocenters. The summed E-state index contributed by atoms with van der Waals surface area (Å²) in [6.45, 7) is 2.66. The Morgan fingerprint density at radius 1 is 0.923 bits per heavy atom. The number of para-hydroxylation sites is 3. The Balaban J connectivity index is 1.84. The Morgan fingerprint density at radius 2 is 1.54 bits per heavy atom. The van der Waals surface area contributed by atoms with Gasteiger partial charge in [-0.05, 0) is 29.5 Å². The van der Waals surface area contributed by atoms with Crippen LogP contribution in [0.15, 0.2) is 65.1 Å². The van der Waals surface area contributed by atoms with E-state index in [1.807, 2.05) is 0 Å². The van der Waals surface area contributed by atoms with E-state index in [2.05, 4.69) is 15.8 Å². The first-order chi connectivity index (χ1) is 12.5. The second kappa shape index (κ2) is 7.47. The van der Waals surface area contributed by atoms with Crippen LogP contribution in [0, 0.1) is 0 Å². The Morgan fingerprint density at radius 3 is 2.19 bits per heavy atom. The van der Waals surface area contributed by atoms with Crippen molar-refractivity contribution in [1.82, 2.24) is 5.43 Å². The van der Waals surface area contributed by atoms with Crippen molar-refractivity contribution in [1.29, 1.82) is 0 Å². The predicted molar refractivity (Wildman–Crippen MR) is 93.9 cm³/mol. The van der Waals surface area contributed by atoms with E-state index in [0.29, 0.717) is 28.4 Å². The van der Waals surface area contributed by atoms with Crippen LogP contribution in [0.1, 0.15) is 19.4 Å². The van der Waals surface area contributed by atoms with Crippen LogP contribution in [0.3, 0.4) is 0 Å². The van der Waals surface area contributed by atoms with Crippen LogP contribution in [-0.4, -0.2) is 11.9 Å². The van der Waals surface area contributed by atoms with E-state index in [1.165, 1.54) is 19.0 Å². The molecule has 1 N–H and O–H groups in total. The van der Waals surface area contributed by atoms with Gasteiger partial charge in [-0.15, -0.1) is 5.11 Å². The van der Waals surface area contributed by atoms with Crippen LogP contribution in [0.5, 0.6) is 11.5 Å². The first-order valence-corrected chi connectivity index (χ1v) is 7.78. The highest BCUT2D eigenvalue weighted by Crippen LogP contribution is 2.32. The lowest BCUT2D eigenvalue weighted by Crippen LogP contribution is -2.31. The molecule has 26 heavy (non-hydrogen) atoms. The second-order valence-corrected chi connectivity index (χ2v) is 5.31. The van der Waals surface area contributed by atoms with E-state index < -0.39 is 11.9 Å². The fraction of sp³-hybridized carbons (Fsp3) is 0.111. The number of hydrazine groups is 1. The SMILES string of the molecule is CC(=O)Oc1ccccc1C1=CNN(c2ccccc2OC(C)=O)N=N1. The number of esters is 2. The summed E-state index contributed by atoms with van der Waals surface area (Å²) in [6.07, 6.45) is 1.61. The minimum atomic E-state index is -0.432. The lowest BCUT2D eigenvalue weighted by atomic mass is 10.1. The Bertz CT molecular complexity index is 908. The number of nitrogens with one attached hydrogen (secondary N) is 1. The van der Waals surface area contributed by atoms with Crippen LogP contribution in [0.25, 0.3) is 5.70 Å². The van der Waals surface area contributed by atoms with E-state index in [1.54, 1.807) is 54.7 Å². The van der Waals surface area contributed by atoms with Gasteiger partial charge < -0.3 is 9.47 Å². The van der Waals surface area contributed by atoms with Gasteiger partial charge in [0, 0.05) is 25.6 Å². The molecule has 2 aromatic rings. The van der Waals surface area contributed by atoms with E-state index in [9.17, 15) is 9.59 Å². The van der Waals surface area contributed by atoms with Gasteiger partial charge in [0.15, 0.2) is 5.75 Å². The number of rotatable bonds is 4. The Kier molecular flexibility index (Phi) is 4.93. The van der Waals surface area contributed by atoms with Gasteiger partial charge in [0.25, 0.3) is 0 Å². The maximum absolute atomic E-state index is 11.2. The number of carbonyl (C=O) groups is 2. The summed E-state index contributed by atoms with van der Waals surface area (Å²) in [4.78, 5) is 22.5. The molecule has 3 rings (SSSR count). The normalized spacial score (nSPS) is 12.8. The van der Waals surface area contributed by atoms with Gasteiger partial charge in [-0.25, -0.2) is 0 Å². The van der Waals surface area contributed by atoms with Crippen LogP contribution < -0.4 is 20.0 Å². The van der Waals surface area contributed by atoms with Crippen LogP contribution in [-0.2, 0) is 9.59 Å². The van der Waals surface area contributed by atoms with Crippen LogP contribution in [0.4, 0.5) is 5.69 Å². The molecule has 1 aliphatic heterocycles. The van der Waals surface area contributed by atoms with Gasteiger partial charge in [0.05, 0.1) is 0 Å². The van der Waals surface area contributed by atoms with Crippen molar-refractivity contribution in [3.8, 4) is 11.5 Å². The first-order valence-electron chi connectivity index (χ1n) is 7.78. The largest absolute Gasteiger partial charge is 0.426 e. The summed E-state index contributed by atoms with van der Waals surface area (Å²) >= 11 is 0. The van der Waals surface area contributed by atoms with Crippen molar-refractivity contribution in [2.45, 2.75) is 13.8 Å². The van der Waals surface area contributed by atoms with E-state index >= 15 is 0 Å². The van der Waals surface area contributed by atoms with Gasteiger partial charge >= 0.3 is 11.9 Å². The van der Waals surface area contributed by atoms with Crippen molar-refractivity contribution >= 4 is 23.3 Å². The van der Waals surface area contributed by atoms with E-state index in [-0.39, 0.29) is 0 Å². The van der Waals surface area contributed by atoms with Crippen molar-refractivity contribution in [3.63, 3.8) is 0 Å². The molecule has 0 saturated carbocycles. The summed E-state index contributed by atoms with van der Waals surface area (Å²) in [6, 6.07) is 13.9. The van der Waals surface area contributed by atoms with Gasteiger partial charge in [-0.3, -0.25) is 15.0 Å². The number of hydrogen-bond acceptors (Lipinski definition) is 8. The molecule has 0 fully saturated rings. The predicted octanol–water partition coefficient (Wildman–Crippen LogP) is 3.23. The average molecular weight is 352 g/mol. The Hall–Kier alpha value is -3.68. The average Bonchev–Trinajstić information content (AvgIpc) is 2.62. The first kappa shape index (κ1) is 17.2. The minimum Gasteiger partial charge on any atom is -0.426 e. The number of benzene rings is 2. The highest BCUT2D eigenvalue weighted by Gasteiger charge is 2.18. The molecule has 0 amide bonds. The highest BCUT2D eigenvalue weighted by molar-refractivity contribution is 5.76. The number of hydrogen-bond donors (Lipinski definition) is 1. The van der Waals surface area contributed by atoms with Crippen LogP contribution in [0.2, 0.25) is 0 Å². The number of ether oxygens (including phenoxy) is 2. The molecule has 8 heteroatoms. The molecule has 0 unspecified atom stereocenters. The number of carbonyl (C=O) groups excluding carboxylic acids is 2. The zero-order valence-corrected chi connectivity index (χ0v) is 14.2. The van der Waals surface area contributed by atoms with Crippen LogP contribution >= 0.6 is 0 Å². The smallest absolute Gasteiger partial charge is 0.308 e. The lowest BCUT2D eigenvalue weighted by molar-refractivity contribution is -0.132. The topological polar surface area (TPSA) is 92.6 Å². The lowest BCUT2D eigenvalue weighted by Gasteiger charge is -2.23. The molecule has 2 aromatic carbocycles. The van der Waals surface area contributed by atoms with Crippen molar-refractivity contribution < 1.29 is 19.1 Å². The third-order valence-corrected chi connectivity index (χ3v) is 3.33. The molecule has 8 nitrogen and oxygen atoms in total. The fourth-order valence-electron chi connectivity index (χ4n) is 2.31. The number of nitrogens with zero attached hydrogens (tertiary/aromatic N) is 3. The summed E-state index contributed by atoms with van der Waals surface area (Å²) < 4.78 is 10.4. The van der Waals surface area contributed by atoms with Gasteiger partial charge in [-0.2, -0.15) is 5.12 Å². The van der Waals surface area contributed by atoms with E-state index in [4.69, 9.17) is 9.47 Å². The summed E-state index contributed by atoms with van der Waals surface area (Å²) in [5.74, 6) is -0.113. The van der Waals surface area contributed by atoms with Crippen molar-refractivity contribution in [3.05, 3.63) is 60.3 Å². The Labute approximate surface area is 149 Å². The number of anilines is 1. The summed E-state index contributed by atoms with van der Waals surface area (Å²) in [5.41, 5.74) is 4.59. The quantitative estimate of drug-likeness (QED) is 0.671. The van der Waals surface area contributed by atoms with E-state index in [0.717, 1.165) is 0 Å². The molecule has 132 valence electrons. The molecule has 0 saturated heterocycles. The van der Waals surface area contributed by atoms with Gasteiger partial charge in [0.2, 0.25) is 0 Å². The maximum atomic E-state index is 11.2. The summed E-state index contributed by atoms with van der Waals surface area (Å²) in [5, 5.41) is 9.63. The van der Waals surface area contributed by atoms with Crippen molar-refractivity contribution in [2.75, 3.05) is 5.12 Å². The third kappa shape index (κ3) is 3.86. The van der Waals surface area contributed by atoms with Gasteiger partial charge in [0.1, 0.15) is 17.1 Å². The minimum absolute atomic E-state index is 0.351. The van der Waals surface area contributed by atoms with Crippen molar-refractivity contribution in [2.24, 2.45) is 10.3 Å². The second-order valence-electron chi connectivity index (χ2n) is 5.31. The third-order valence-electron chi connectivity index (χ3n) is 3.33. The molecule has 1 aliphatic rings. The monoisotopic (exact) mass is 352 g/mol. The molecule has 0 spiro atoms. The molecule has 1 heterocycles. The van der Waals surface area contributed by atoms with Gasteiger partial charge in [-0.1, -0.05) is 24.3 Å². The maximum Gasteiger partial charge on any atom is 0.308 e. The molecular weight excluding hydrogens is 336 g/mol. The zero-order chi connectivity index (χ0) is 18.5. The molecule has 0 radical (unpaired) electrons. The highest BCUT2D eigenvalue weighted by atomic mass is 16.5. The molecular formula is C18H16N4O4. The molecule has 0 aliphatic carbocycles. The molecule has 0 bridgehead atoms. The zero-order valence-electron chi connectivity index (χ0n) is 14.2. The fourth-order valence-corrected chi connectivity index (χ4v) is 2.31. The standard InChI is InChI=1S/C18H16N4O4/c1-12(23)25-17-9-5-3-7-14(17)15-11-19-22(21-20-15)16-8-4-6-10-18(16)26-13(2)24/h3-11,19H,1-2H3.